The molecular formula is C17H19N5O4. The first kappa shape index (κ1) is 18.8. The monoisotopic (exact) mass is 357 g/mol. The lowest BCUT2D eigenvalue weighted by Gasteiger charge is -2.07. The lowest BCUT2D eigenvalue weighted by Crippen LogP contribution is -2.12. The second-order valence-corrected chi connectivity index (χ2v) is 5.11. The number of carbonyl (C=O) groups is 2. The fourth-order valence-electron chi connectivity index (χ4n) is 1.90. The van der Waals surface area contributed by atoms with E-state index in [1.807, 2.05) is 6.92 Å². The number of anilines is 2. The van der Waals surface area contributed by atoms with Crippen LogP contribution in [0.5, 0.6) is 5.75 Å². The number of benzene rings is 1. The van der Waals surface area contributed by atoms with Gasteiger partial charge in [0.2, 0.25) is 0 Å². The molecule has 1 aromatic heterocycles. The maximum atomic E-state index is 11.7. The summed E-state index contributed by atoms with van der Waals surface area (Å²) in [5.74, 6) is 0.239. The van der Waals surface area contributed by atoms with E-state index in [2.05, 4.69) is 25.3 Å². The second kappa shape index (κ2) is 9.11. The molecule has 2 rings (SSSR count). The van der Waals surface area contributed by atoms with Gasteiger partial charge in [0.25, 0.3) is 0 Å². The van der Waals surface area contributed by atoms with Gasteiger partial charge in [0.15, 0.2) is 11.6 Å². The molecule has 0 radical (unpaired) electrons. The van der Waals surface area contributed by atoms with Crippen LogP contribution in [0.25, 0.3) is 0 Å². The first-order valence-electron chi connectivity index (χ1n) is 7.86. The first-order chi connectivity index (χ1) is 12.5. The highest BCUT2D eigenvalue weighted by Gasteiger charge is 2.11. The maximum absolute atomic E-state index is 11.7. The number of nitrogens with zero attached hydrogens (tertiary/aromatic N) is 3. The van der Waals surface area contributed by atoms with E-state index in [1.165, 1.54) is 13.2 Å². The van der Waals surface area contributed by atoms with Gasteiger partial charge in [-0.3, -0.25) is 10.1 Å². The number of ether oxygens (including phenoxy) is 2. The highest BCUT2D eigenvalue weighted by atomic mass is 16.5. The zero-order chi connectivity index (χ0) is 18.9. The standard InChI is InChI=1S/C17H19N5O4/c1-3-6-15(23)26-13-8-5-4-7-11(13)21-22-12-9-10-14(18)19-16(12)20-17(24)25-2/h4-5,7-10H,3,6H2,1-2H3,(H3,18,19,20,24)/b22-21+. The Morgan fingerprint density at radius 2 is 1.88 bits per heavy atom. The van der Waals surface area contributed by atoms with Gasteiger partial charge in [0.1, 0.15) is 17.2 Å². The largest absolute Gasteiger partial charge is 0.453 e. The van der Waals surface area contributed by atoms with Gasteiger partial charge in [-0.25, -0.2) is 9.78 Å². The number of aromatic nitrogens is 1. The van der Waals surface area contributed by atoms with E-state index >= 15 is 0 Å². The van der Waals surface area contributed by atoms with Crippen molar-refractivity contribution in [3.63, 3.8) is 0 Å². The van der Waals surface area contributed by atoms with Crippen LogP contribution >= 0.6 is 0 Å². The van der Waals surface area contributed by atoms with Crippen molar-refractivity contribution in [1.29, 1.82) is 0 Å². The van der Waals surface area contributed by atoms with Crippen LogP contribution in [0, 0.1) is 0 Å². The molecule has 26 heavy (non-hydrogen) atoms. The maximum Gasteiger partial charge on any atom is 0.412 e. The van der Waals surface area contributed by atoms with E-state index in [1.54, 1.807) is 30.3 Å². The zero-order valence-electron chi connectivity index (χ0n) is 14.4. The molecule has 0 spiro atoms. The average molecular weight is 357 g/mol. The Bertz CT molecular complexity index is 823. The molecule has 9 heteroatoms. The summed E-state index contributed by atoms with van der Waals surface area (Å²) in [7, 11) is 1.23. The quantitative estimate of drug-likeness (QED) is 0.457. The summed E-state index contributed by atoms with van der Waals surface area (Å²) >= 11 is 0. The van der Waals surface area contributed by atoms with Crippen LogP contribution < -0.4 is 15.8 Å². The van der Waals surface area contributed by atoms with Crippen molar-refractivity contribution < 1.29 is 19.1 Å². The number of nitrogens with one attached hydrogen (secondary N) is 1. The molecule has 3 N–H and O–H groups in total. The SMILES string of the molecule is CCCC(=O)Oc1ccccc1/N=N/c1ccc(N)nc1NC(=O)OC. The zero-order valence-corrected chi connectivity index (χ0v) is 14.4. The minimum Gasteiger partial charge on any atom is -0.453 e. The number of carbonyl (C=O) groups excluding carboxylic acids is 2. The molecule has 0 aliphatic rings. The highest BCUT2D eigenvalue weighted by Crippen LogP contribution is 2.31. The van der Waals surface area contributed by atoms with Crippen molar-refractivity contribution in [3.8, 4) is 5.75 Å². The summed E-state index contributed by atoms with van der Waals surface area (Å²) in [5, 5.41) is 10.6. The Hall–Kier alpha value is -3.49. The Morgan fingerprint density at radius 3 is 2.62 bits per heavy atom. The van der Waals surface area contributed by atoms with E-state index in [4.69, 9.17) is 10.5 Å². The Kier molecular flexibility index (Phi) is 6.60. The molecule has 0 bridgehead atoms. The van der Waals surface area contributed by atoms with Crippen molar-refractivity contribution >= 4 is 35.1 Å². The fourth-order valence-corrected chi connectivity index (χ4v) is 1.90. The summed E-state index contributed by atoms with van der Waals surface area (Å²) < 4.78 is 9.82. The third-order valence-electron chi connectivity index (χ3n) is 3.11. The summed E-state index contributed by atoms with van der Waals surface area (Å²) in [6.07, 6.45) is 0.274. The fraction of sp³-hybridized carbons (Fsp3) is 0.235. The minimum absolute atomic E-state index is 0.0982. The molecule has 0 aliphatic carbocycles. The Morgan fingerprint density at radius 1 is 1.15 bits per heavy atom. The molecule has 1 aromatic carbocycles. The lowest BCUT2D eigenvalue weighted by atomic mass is 10.3. The van der Waals surface area contributed by atoms with E-state index in [0.29, 0.717) is 24.3 Å². The summed E-state index contributed by atoms with van der Waals surface area (Å²) in [6, 6.07) is 9.79. The molecule has 2 aromatic rings. The number of nitrogen functional groups attached to an aromatic ring is 1. The predicted octanol–water partition coefficient (Wildman–Crippen LogP) is 3.96. The third kappa shape index (κ3) is 5.26. The number of hydrogen-bond acceptors (Lipinski definition) is 8. The van der Waals surface area contributed by atoms with E-state index in [0.717, 1.165) is 0 Å². The smallest absolute Gasteiger partial charge is 0.412 e. The Labute approximate surface area is 150 Å². The lowest BCUT2D eigenvalue weighted by molar-refractivity contribution is -0.134. The van der Waals surface area contributed by atoms with Gasteiger partial charge in [-0.2, -0.15) is 0 Å². The van der Waals surface area contributed by atoms with Crippen LogP contribution in [0.15, 0.2) is 46.6 Å². The van der Waals surface area contributed by atoms with Crippen molar-refractivity contribution in [2.75, 3.05) is 18.2 Å². The van der Waals surface area contributed by atoms with Crippen molar-refractivity contribution in [2.45, 2.75) is 19.8 Å². The predicted molar refractivity (Wildman–Crippen MR) is 95.8 cm³/mol. The normalized spacial score (nSPS) is 10.5. The second-order valence-electron chi connectivity index (χ2n) is 5.11. The van der Waals surface area contributed by atoms with E-state index in [-0.39, 0.29) is 23.3 Å². The summed E-state index contributed by atoms with van der Waals surface area (Å²) in [5.41, 5.74) is 6.25. The molecule has 0 aliphatic heterocycles. The topological polar surface area (TPSA) is 128 Å². The number of hydrogen-bond donors (Lipinski definition) is 2. The average Bonchev–Trinajstić information content (AvgIpc) is 2.62. The van der Waals surface area contributed by atoms with Gasteiger partial charge in [-0.15, -0.1) is 10.2 Å². The molecule has 0 saturated carbocycles. The Balaban J connectivity index is 2.27. The molecular weight excluding hydrogens is 338 g/mol. The van der Waals surface area contributed by atoms with Gasteiger partial charge in [0, 0.05) is 6.42 Å². The minimum atomic E-state index is -0.714. The van der Waals surface area contributed by atoms with Crippen molar-refractivity contribution in [2.24, 2.45) is 10.2 Å². The number of esters is 1. The molecule has 0 unspecified atom stereocenters. The van der Waals surface area contributed by atoms with Crippen molar-refractivity contribution in [3.05, 3.63) is 36.4 Å². The number of amides is 1. The molecule has 1 heterocycles. The van der Waals surface area contributed by atoms with E-state index in [9.17, 15) is 9.59 Å². The number of para-hydroxylation sites is 1. The first-order valence-corrected chi connectivity index (χ1v) is 7.86. The van der Waals surface area contributed by atoms with Gasteiger partial charge < -0.3 is 15.2 Å². The van der Waals surface area contributed by atoms with Crippen LogP contribution in [-0.4, -0.2) is 24.2 Å². The number of nitrogens with two attached hydrogens (primary N) is 1. The van der Waals surface area contributed by atoms with Gasteiger partial charge in [-0.05, 0) is 30.7 Å². The molecule has 0 fully saturated rings. The number of azo groups is 1. The molecule has 136 valence electrons. The van der Waals surface area contributed by atoms with Crippen LogP contribution in [-0.2, 0) is 9.53 Å². The third-order valence-corrected chi connectivity index (χ3v) is 3.11. The van der Waals surface area contributed by atoms with Crippen LogP contribution in [0.4, 0.5) is 27.8 Å². The number of methoxy groups -OCH3 is 1. The van der Waals surface area contributed by atoms with Gasteiger partial charge in [-0.1, -0.05) is 19.1 Å². The summed E-state index contributed by atoms with van der Waals surface area (Å²) in [4.78, 5) is 27.1. The van der Waals surface area contributed by atoms with Crippen LogP contribution in [0.2, 0.25) is 0 Å². The number of rotatable bonds is 6. The molecule has 9 nitrogen and oxygen atoms in total. The van der Waals surface area contributed by atoms with Crippen LogP contribution in [0.1, 0.15) is 19.8 Å². The molecule has 0 atom stereocenters. The van der Waals surface area contributed by atoms with Gasteiger partial charge in [0.05, 0.1) is 7.11 Å². The van der Waals surface area contributed by atoms with E-state index < -0.39 is 6.09 Å². The molecule has 0 saturated heterocycles. The van der Waals surface area contributed by atoms with Crippen molar-refractivity contribution in [1.82, 2.24) is 4.98 Å². The summed E-state index contributed by atoms with van der Waals surface area (Å²) in [6.45, 7) is 1.89. The highest BCUT2D eigenvalue weighted by molar-refractivity contribution is 5.87. The molecule has 1 amide bonds. The van der Waals surface area contributed by atoms with Gasteiger partial charge >= 0.3 is 12.1 Å². The number of pyridine rings is 1. The van der Waals surface area contributed by atoms with Crippen LogP contribution in [0.3, 0.4) is 0 Å².